The van der Waals surface area contributed by atoms with E-state index in [1.165, 1.54) is 0 Å². The van der Waals surface area contributed by atoms with Crippen molar-refractivity contribution in [3.8, 4) is 0 Å². The van der Waals surface area contributed by atoms with E-state index in [2.05, 4.69) is 6.92 Å². The van der Waals surface area contributed by atoms with Gasteiger partial charge in [0.15, 0.2) is 5.78 Å². The molecule has 0 aliphatic heterocycles. The fourth-order valence-electron chi connectivity index (χ4n) is 1.69. The van der Waals surface area contributed by atoms with Crippen molar-refractivity contribution < 1.29 is 4.79 Å². The van der Waals surface area contributed by atoms with Gasteiger partial charge >= 0.3 is 0 Å². The molecule has 1 aliphatic rings. The lowest BCUT2D eigenvalue weighted by Crippen LogP contribution is -1.89. The Kier molecular flexibility index (Phi) is 1.69. The zero-order chi connectivity index (χ0) is 8.72. The fraction of sp³-hybridized carbons (Fsp3) is 0.300. The smallest absolute Gasteiger partial charge is 0.163 e. The molecule has 2 heteroatoms. The topological polar surface area (TPSA) is 17.1 Å². The van der Waals surface area contributed by atoms with E-state index < -0.39 is 0 Å². The van der Waals surface area contributed by atoms with E-state index in [9.17, 15) is 4.79 Å². The molecule has 2 rings (SSSR count). The summed E-state index contributed by atoms with van der Waals surface area (Å²) in [6, 6.07) is 5.49. The van der Waals surface area contributed by atoms with E-state index in [-0.39, 0.29) is 5.78 Å². The van der Waals surface area contributed by atoms with Gasteiger partial charge in [0, 0.05) is 17.0 Å². The molecule has 0 fully saturated rings. The molecular formula is C10H9ClO. The van der Waals surface area contributed by atoms with Gasteiger partial charge in [-0.15, -0.1) is 0 Å². The van der Waals surface area contributed by atoms with Crippen molar-refractivity contribution >= 4 is 17.4 Å². The lowest BCUT2D eigenvalue weighted by molar-refractivity contribution is 0.0990. The molecule has 62 valence electrons. The molecule has 0 radical (unpaired) electrons. The predicted molar refractivity (Wildman–Crippen MR) is 48.8 cm³/mol. The van der Waals surface area contributed by atoms with E-state index in [4.69, 9.17) is 11.6 Å². The average Bonchev–Trinajstić information content (AvgIpc) is 2.28. The Morgan fingerprint density at radius 2 is 2.25 bits per heavy atom. The molecule has 0 spiro atoms. The molecule has 1 aliphatic carbocycles. The van der Waals surface area contributed by atoms with Crippen molar-refractivity contribution in [1.82, 2.24) is 0 Å². The lowest BCUT2D eigenvalue weighted by atomic mass is 10.0. The van der Waals surface area contributed by atoms with Gasteiger partial charge < -0.3 is 0 Å². The zero-order valence-electron chi connectivity index (χ0n) is 6.80. The summed E-state index contributed by atoms with van der Waals surface area (Å²) in [5.41, 5.74) is 1.96. The molecule has 1 atom stereocenters. The number of rotatable bonds is 0. The molecule has 1 aromatic carbocycles. The number of fused-ring (bicyclic) bond motifs is 1. The molecule has 0 saturated carbocycles. The Bertz CT molecular complexity index is 344. The predicted octanol–water partition coefficient (Wildman–Crippen LogP) is 3.03. The standard InChI is InChI=1S/C10H9ClO/c1-6-4-10(12)8-3-2-7(11)5-9(6)8/h2-3,5-6H,4H2,1H3/t6-/m1/s1. The van der Waals surface area contributed by atoms with Gasteiger partial charge in [-0.2, -0.15) is 0 Å². The van der Waals surface area contributed by atoms with Crippen LogP contribution in [-0.2, 0) is 0 Å². The Morgan fingerprint density at radius 3 is 3.00 bits per heavy atom. The Hall–Kier alpha value is -0.820. The third-order valence-electron chi connectivity index (χ3n) is 2.34. The minimum Gasteiger partial charge on any atom is -0.294 e. The van der Waals surface area contributed by atoms with E-state index in [0.29, 0.717) is 12.3 Å². The van der Waals surface area contributed by atoms with Crippen LogP contribution in [0.4, 0.5) is 0 Å². The van der Waals surface area contributed by atoms with Crippen LogP contribution >= 0.6 is 11.6 Å². The van der Waals surface area contributed by atoms with Crippen LogP contribution in [0.25, 0.3) is 0 Å². The third kappa shape index (κ3) is 1.05. The molecule has 0 unspecified atom stereocenters. The Morgan fingerprint density at radius 1 is 1.50 bits per heavy atom. The largest absolute Gasteiger partial charge is 0.294 e. The summed E-state index contributed by atoms with van der Waals surface area (Å²) in [4.78, 5) is 11.3. The number of halogens is 1. The van der Waals surface area contributed by atoms with Gasteiger partial charge in [-0.25, -0.2) is 0 Å². The summed E-state index contributed by atoms with van der Waals surface area (Å²) in [7, 11) is 0. The van der Waals surface area contributed by atoms with E-state index in [1.807, 2.05) is 12.1 Å². The highest BCUT2D eigenvalue weighted by molar-refractivity contribution is 6.30. The van der Waals surface area contributed by atoms with E-state index >= 15 is 0 Å². The molecule has 0 amide bonds. The van der Waals surface area contributed by atoms with Gasteiger partial charge in [-0.05, 0) is 29.7 Å². The van der Waals surface area contributed by atoms with Crippen LogP contribution < -0.4 is 0 Å². The Balaban J connectivity index is 2.60. The monoisotopic (exact) mass is 180 g/mol. The maximum atomic E-state index is 11.3. The number of ketones is 1. The second-order valence-electron chi connectivity index (χ2n) is 3.26. The highest BCUT2D eigenvalue weighted by atomic mass is 35.5. The van der Waals surface area contributed by atoms with Crippen molar-refractivity contribution in [2.45, 2.75) is 19.3 Å². The summed E-state index contributed by atoms with van der Waals surface area (Å²) >= 11 is 5.83. The van der Waals surface area contributed by atoms with Crippen LogP contribution in [0.2, 0.25) is 5.02 Å². The zero-order valence-corrected chi connectivity index (χ0v) is 7.56. The first kappa shape index (κ1) is 7.81. The molecule has 1 aromatic rings. The quantitative estimate of drug-likeness (QED) is 0.600. The molecule has 0 heterocycles. The van der Waals surface area contributed by atoms with Crippen molar-refractivity contribution in [2.75, 3.05) is 0 Å². The van der Waals surface area contributed by atoms with E-state index in [1.54, 1.807) is 6.07 Å². The molecule has 0 saturated heterocycles. The highest BCUT2D eigenvalue weighted by Gasteiger charge is 2.25. The maximum Gasteiger partial charge on any atom is 0.163 e. The molecule has 0 aromatic heterocycles. The van der Waals surface area contributed by atoms with Crippen LogP contribution in [0.5, 0.6) is 0 Å². The van der Waals surface area contributed by atoms with Crippen molar-refractivity contribution in [2.24, 2.45) is 0 Å². The Labute approximate surface area is 76.4 Å². The average molecular weight is 181 g/mol. The van der Waals surface area contributed by atoms with Crippen molar-refractivity contribution in [3.63, 3.8) is 0 Å². The first-order chi connectivity index (χ1) is 5.68. The number of hydrogen-bond acceptors (Lipinski definition) is 1. The molecule has 0 bridgehead atoms. The first-order valence-corrected chi connectivity index (χ1v) is 4.39. The van der Waals surface area contributed by atoms with E-state index in [0.717, 1.165) is 16.1 Å². The first-order valence-electron chi connectivity index (χ1n) is 4.01. The summed E-state index contributed by atoms with van der Waals surface area (Å²) in [5, 5.41) is 0.718. The highest BCUT2D eigenvalue weighted by Crippen LogP contribution is 2.33. The summed E-state index contributed by atoms with van der Waals surface area (Å²) in [6.45, 7) is 2.06. The molecule has 12 heavy (non-hydrogen) atoms. The summed E-state index contributed by atoms with van der Waals surface area (Å²) in [5.74, 6) is 0.584. The number of hydrogen-bond donors (Lipinski definition) is 0. The van der Waals surface area contributed by atoms with Crippen LogP contribution in [0.3, 0.4) is 0 Å². The second-order valence-corrected chi connectivity index (χ2v) is 3.70. The minimum absolute atomic E-state index is 0.245. The molecule has 0 N–H and O–H groups in total. The number of Topliss-reactive ketones (excluding diaryl/α,β-unsaturated/α-hetero) is 1. The van der Waals surface area contributed by atoms with Gasteiger partial charge in [-0.3, -0.25) is 4.79 Å². The minimum atomic E-state index is 0.245. The normalized spacial score (nSPS) is 21.2. The summed E-state index contributed by atoms with van der Waals surface area (Å²) in [6.07, 6.45) is 0.635. The number of benzene rings is 1. The lowest BCUT2D eigenvalue weighted by Gasteiger charge is -2.01. The van der Waals surface area contributed by atoms with Gasteiger partial charge in [0.2, 0.25) is 0 Å². The van der Waals surface area contributed by atoms with Gasteiger partial charge in [0.05, 0.1) is 0 Å². The third-order valence-corrected chi connectivity index (χ3v) is 2.57. The maximum absolute atomic E-state index is 11.3. The molecule has 1 nitrogen and oxygen atoms in total. The SMILES string of the molecule is C[C@@H]1CC(=O)c2ccc(Cl)cc21. The second kappa shape index (κ2) is 2.60. The number of carbonyl (C=O) groups is 1. The van der Waals surface area contributed by atoms with Crippen LogP contribution in [0.15, 0.2) is 18.2 Å². The van der Waals surface area contributed by atoms with Gasteiger partial charge in [-0.1, -0.05) is 18.5 Å². The number of carbonyl (C=O) groups excluding carboxylic acids is 1. The van der Waals surface area contributed by atoms with Crippen molar-refractivity contribution in [3.05, 3.63) is 34.3 Å². The van der Waals surface area contributed by atoms with Crippen LogP contribution in [0, 0.1) is 0 Å². The molecular weight excluding hydrogens is 172 g/mol. The van der Waals surface area contributed by atoms with Gasteiger partial charge in [0.1, 0.15) is 0 Å². The van der Waals surface area contributed by atoms with Crippen LogP contribution in [0.1, 0.15) is 35.2 Å². The van der Waals surface area contributed by atoms with Gasteiger partial charge in [0.25, 0.3) is 0 Å². The van der Waals surface area contributed by atoms with Crippen molar-refractivity contribution in [1.29, 1.82) is 0 Å². The van der Waals surface area contributed by atoms with Crippen LogP contribution in [-0.4, -0.2) is 5.78 Å². The fourth-order valence-corrected chi connectivity index (χ4v) is 1.87. The summed E-state index contributed by atoms with van der Waals surface area (Å²) < 4.78 is 0.